The Hall–Kier alpha value is -2.09. The first-order valence-electron chi connectivity index (χ1n) is 6.65. The average molecular weight is 386 g/mol. The van der Waals surface area contributed by atoms with E-state index in [1.165, 1.54) is 43.5 Å². The maximum atomic E-state index is 12.1. The lowest BCUT2D eigenvalue weighted by molar-refractivity contribution is -0.114. The van der Waals surface area contributed by atoms with E-state index in [1.54, 1.807) is 12.1 Å². The van der Waals surface area contributed by atoms with Crippen LogP contribution >= 0.6 is 23.2 Å². The Morgan fingerprint density at radius 2 is 1.79 bits per heavy atom. The summed E-state index contributed by atoms with van der Waals surface area (Å²) in [6.07, 6.45) is 1.28. The van der Waals surface area contributed by atoms with E-state index in [0.717, 1.165) is 0 Å². The molecule has 24 heavy (non-hydrogen) atoms. The van der Waals surface area contributed by atoms with Crippen molar-refractivity contribution < 1.29 is 13.2 Å². The molecule has 1 amide bonds. The fraction of sp³-hybridized carbons (Fsp3) is 0.0667. The van der Waals surface area contributed by atoms with Crippen molar-refractivity contribution in [1.29, 1.82) is 0 Å². The van der Waals surface area contributed by atoms with Gasteiger partial charge in [0.05, 0.1) is 16.1 Å². The van der Waals surface area contributed by atoms with Crippen molar-refractivity contribution >= 4 is 51.0 Å². The van der Waals surface area contributed by atoms with Gasteiger partial charge in [-0.3, -0.25) is 4.79 Å². The van der Waals surface area contributed by atoms with Crippen molar-refractivity contribution in [2.24, 2.45) is 5.10 Å². The molecule has 0 atom stereocenters. The van der Waals surface area contributed by atoms with E-state index in [4.69, 9.17) is 23.2 Å². The van der Waals surface area contributed by atoms with Crippen LogP contribution in [0.15, 0.2) is 52.5 Å². The maximum absolute atomic E-state index is 12.1. The molecule has 0 aromatic heterocycles. The molecule has 0 fully saturated rings. The van der Waals surface area contributed by atoms with Crippen molar-refractivity contribution in [3.05, 3.63) is 58.1 Å². The average Bonchev–Trinajstić information content (AvgIpc) is 2.49. The molecule has 9 heteroatoms. The number of nitrogens with zero attached hydrogens (tertiary/aromatic N) is 1. The Kier molecular flexibility index (Phi) is 5.82. The molecule has 0 unspecified atom stereocenters. The molecule has 0 saturated carbocycles. The second kappa shape index (κ2) is 7.65. The molecule has 2 aromatic rings. The van der Waals surface area contributed by atoms with Crippen molar-refractivity contribution in [2.45, 2.75) is 11.8 Å². The minimum absolute atomic E-state index is 0.0101. The van der Waals surface area contributed by atoms with Crippen LogP contribution in [-0.2, 0) is 14.8 Å². The summed E-state index contributed by atoms with van der Waals surface area (Å²) in [7, 11) is -3.83. The van der Waals surface area contributed by atoms with Gasteiger partial charge in [0.2, 0.25) is 5.91 Å². The number of hydrogen-bond acceptors (Lipinski definition) is 4. The minimum Gasteiger partial charge on any atom is -0.326 e. The smallest absolute Gasteiger partial charge is 0.276 e. The second-order valence-corrected chi connectivity index (χ2v) is 7.23. The molecule has 0 bridgehead atoms. The molecule has 6 nitrogen and oxygen atoms in total. The predicted octanol–water partition coefficient (Wildman–Crippen LogP) is 3.26. The molecule has 0 aliphatic carbocycles. The van der Waals surface area contributed by atoms with Crippen molar-refractivity contribution in [3.8, 4) is 0 Å². The highest BCUT2D eigenvalue weighted by Gasteiger charge is 2.12. The first-order valence-corrected chi connectivity index (χ1v) is 8.89. The van der Waals surface area contributed by atoms with Crippen LogP contribution in [0.3, 0.4) is 0 Å². The largest absolute Gasteiger partial charge is 0.326 e. The van der Waals surface area contributed by atoms with Crippen LogP contribution in [0.1, 0.15) is 12.5 Å². The summed E-state index contributed by atoms with van der Waals surface area (Å²) in [5, 5.41) is 7.06. The van der Waals surface area contributed by atoms with Crippen LogP contribution in [0.4, 0.5) is 5.69 Å². The summed E-state index contributed by atoms with van der Waals surface area (Å²) >= 11 is 11.7. The minimum atomic E-state index is -3.83. The van der Waals surface area contributed by atoms with Gasteiger partial charge < -0.3 is 5.32 Å². The van der Waals surface area contributed by atoms with Crippen molar-refractivity contribution in [3.63, 3.8) is 0 Å². The van der Waals surface area contributed by atoms with Gasteiger partial charge in [-0.2, -0.15) is 13.5 Å². The summed E-state index contributed by atoms with van der Waals surface area (Å²) in [4.78, 5) is 13.0. The molecule has 0 saturated heterocycles. The number of halogens is 2. The molecule has 0 radical (unpaired) electrons. The lowest BCUT2D eigenvalue weighted by Crippen LogP contribution is -2.18. The first-order chi connectivity index (χ1) is 11.3. The normalized spacial score (nSPS) is 11.5. The summed E-state index contributed by atoms with van der Waals surface area (Å²) in [6, 6.07) is 10.4. The van der Waals surface area contributed by atoms with Crippen LogP contribution in [0, 0.1) is 0 Å². The van der Waals surface area contributed by atoms with E-state index in [9.17, 15) is 13.2 Å². The third-order valence-electron chi connectivity index (χ3n) is 2.82. The highest BCUT2D eigenvalue weighted by atomic mass is 35.5. The molecule has 0 heterocycles. The lowest BCUT2D eigenvalue weighted by Gasteiger charge is -2.05. The third kappa shape index (κ3) is 4.95. The van der Waals surface area contributed by atoms with E-state index in [0.29, 0.717) is 21.3 Å². The number of anilines is 1. The Balaban J connectivity index is 2.10. The molecule has 0 spiro atoms. The number of hydrazone groups is 1. The van der Waals surface area contributed by atoms with Crippen LogP contribution in [0.5, 0.6) is 0 Å². The standard InChI is InChI=1S/C15H13Cl2N3O3S/c1-10(21)19-13-4-6-14(7-5-13)24(22,23)20-18-9-11-2-3-12(16)8-15(11)17/h2-9,20H,1H3,(H,19,21). The monoisotopic (exact) mass is 385 g/mol. The van der Waals surface area contributed by atoms with E-state index in [-0.39, 0.29) is 10.8 Å². The number of carbonyl (C=O) groups is 1. The summed E-state index contributed by atoms with van der Waals surface area (Å²) in [5.74, 6) is -0.242. The summed E-state index contributed by atoms with van der Waals surface area (Å²) in [5.41, 5.74) is 1.02. The molecule has 0 aliphatic heterocycles. The van der Waals surface area contributed by atoms with E-state index in [1.807, 2.05) is 0 Å². The molecule has 0 aliphatic rings. The van der Waals surface area contributed by atoms with E-state index in [2.05, 4.69) is 15.2 Å². The number of hydrogen-bond donors (Lipinski definition) is 2. The second-order valence-electron chi connectivity index (χ2n) is 4.72. The summed E-state index contributed by atoms with van der Waals surface area (Å²) < 4.78 is 24.3. The zero-order valence-corrected chi connectivity index (χ0v) is 14.8. The fourth-order valence-electron chi connectivity index (χ4n) is 1.74. The number of amides is 1. The Bertz CT molecular complexity index is 881. The number of carbonyl (C=O) groups excluding carboxylic acids is 1. The van der Waals surface area contributed by atoms with E-state index >= 15 is 0 Å². The first kappa shape index (κ1) is 18.3. The zero-order valence-electron chi connectivity index (χ0n) is 12.5. The molecular weight excluding hydrogens is 373 g/mol. The molecule has 2 aromatic carbocycles. The quantitative estimate of drug-likeness (QED) is 0.611. The molecular formula is C15H13Cl2N3O3S. The highest BCUT2D eigenvalue weighted by molar-refractivity contribution is 7.89. The van der Waals surface area contributed by atoms with E-state index < -0.39 is 10.0 Å². The Morgan fingerprint density at radius 1 is 1.12 bits per heavy atom. The van der Waals surface area contributed by atoms with Crippen LogP contribution in [0.2, 0.25) is 10.0 Å². The summed E-state index contributed by atoms with van der Waals surface area (Å²) in [6.45, 7) is 1.36. The van der Waals surface area contributed by atoms with Crippen molar-refractivity contribution in [2.75, 3.05) is 5.32 Å². The van der Waals surface area contributed by atoms with Gasteiger partial charge in [-0.25, -0.2) is 4.83 Å². The van der Waals surface area contributed by atoms with Gasteiger partial charge in [0.25, 0.3) is 10.0 Å². The van der Waals surface area contributed by atoms with Gasteiger partial charge in [-0.1, -0.05) is 29.3 Å². The van der Waals surface area contributed by atoms with Crippen LogP contribution < -0.4 is 10.1 Å². The molecule has 2 N–H and O–H groups in total. The predicted molar refractivity (Wildman–Crippen MR) is 95.1 cm³/mol. The topological polar surface area (TPSA) is 87.6 Å². The number of rotatable bonds is 5. The van der Waals surface area contributed by atoms with Gasteiger partial charge in [0, 0.05) is 23.2 Å². The van der Waals surface area contributed by atoms with Crippen LogP contribution in [-0.4, -0.2) is 20.5 Å². The van der Waals surface area contributed by atoms with Gasteiger partial charge in [0.1, 0.15) is 0 Å². The zero-order chi connectivity index (χ0) is 17.7. The number of nitrogens with one attached hydrogen (secondary N) is 2. The van der Waals surface area contributed by atoms with Crippen LogP contribution in [0.25, 0.3) is 0 Å². The van der Waals surface area contributed by atoms with Gasteiger partial charge in [-0.15, -0.1) is 0 Å². The van der Waals surface area contributed by atoms with Crippen molar-refractivity contribution in [1.82, 2.24) is 4.83 Å². The third-order valence-corrected chi connectivity index (χ3v) is 4.62. The molecule has 126 valence electrons. The number of sulfonamides is 1. The van der Waals surface area contributed by atoms with Gasteiger partial charge >= 0.3 is 0 Å². The van der Waals surface area contributed by atoms with Gasteiger partial charge in [-0.05, 0) is 36.4 Å². The molecule has 2 rings (SSSR count). The number of benzene rings is 2. The lowest BCUT2D eigenvalue weighted by atomic mass is 10.2. The SMILES string of the molecule is CC(=O)Nc1ccc(S(=O)(=O)NN=Cc2ccc(Cl)cc2Cl)cc1. The Morgan fingerprint density at radius 3 is 2.38 bits per heavy atom. The highest BCUT2D eigenvalue weighted by Crippen LogP contribution is 2.19. The fourth-order valence-corrected chi connectivity index (χ4v) is 2.99. The maximum Gasteiger partial charge on any atom is 0.276 e. The Labute approximate surface area is 149 Å². The van der Waals surface area contributed by atoms with Gasteiger partial charge in [0.15, 0.2) is 0 Å².